The van der Waals surface area contributed by atoms with Gasteiger partial charge in [-0.25, -0.2) is 0 Å². The Labute approximate surface area is 106 Å². The Morgan fingerprint density at radius 3 is 2.29 bits per heavy atom. The second kappa shape index (κ2) is 7.14. The second-order valence-corrected chi connectivity index (χ2v) is 5.48. The van der Waals surface area contributed by atoms with Gasteiger partial charge in [0, 0.05) is 45.8 Å². The Kier molecular flexibility index (Phi) is 5.49. The molecule has 3 nitrogen and oxygen atoms in total. The lowest BCUT2D eigenvalue weighted by Crippen LogP contribution is -2.39. The number of nitrogens with one attached hydrogen (secondary N) is 2. The zero-order valence-corrected chi connectivity index (χ0v) is 11.1. The maximum absolute atomic E-state index is 3.49. The highest BCUT2D eigenvalue weighted by atomic mass is 15.2. The van der Waals surface area contributed by atoms with Gasteiger partial charge in [-0.3, -0.25) is 0 Å². The SMILES string of the molecule is CC1CC=CCC1CN1CCNCCNCC1. The van der Waals surface area contributed by atoms with Crippen LogP contribution in [0.25, 0.3) is 0 Å². The Hall–Kier alpha value is -0.380. The van der Waals surface area contributed by atoms with Crippen molar-refractivity contribution < 1.29 is 0 Å². The molecule has 17 heavy (non-hydrogen) atoms. The molecule has 2 aliphatic rings. The molecule has 1 aliphatic heterocycles. The summed E-state index contributed by atoms with van der Waals surface area (Å²) in [5, 5.41) is 6.98. The molecule has 2 atom stereocenters. The summed E-state index contributed by atoms with van der Waals surface area (Å²) in [4.78, 5) is 2.63. The molecule has 2 N–H and O–H groups in total. The Morgan fingerprint density at radius 1 is 1.00 bits per heavy atom. The fourth-order valence-corrected chi connectivity index (χ4v) is 2.79. The Morgan fingerprint density at radius 2 is 1.65 bits per heavy atom. The largest absolute Gasteiger partial charge is 0.314 e. The molecule has 1 heterocycles. The van der Waals surface area contributed by atoms with Crippen LogP contribution < -0.4 is 10.6 Å². The average molecular weight is 237 g/mol. The number of allylic oxidation sites excluding steroid dienone is 2. The van der Waals surface area contributed by atoms with Crippen LogP contribution >= 0.6 is 0 Å². The fourth-order valence-electron chi connectivity index (χ4n) is 2.79. The van der Waals surface area contributed by atoms with E-state index in [9.17, 15) is 0 Å². The van der Waals surface area contributed by atoms with E-state index in [0.717, 1.165) is 38.0 Å². The molecule has 0 saturated carbocycles. The fraction of sp³-hybridized carbons (Fsp3) is 0.857. The van der Waals surface area contributed by atoms with Crippen molar-refractivity contribution in [1.29, 1.82) is 0 Å². The first-order valence-electron chi connectivity index (χ1n) is 7.15. The molecule has 1 fully saturated rings. The van der Waals surface area contributed by atoms with Crippen molar-refractivity contribution in [2.24, 2.45) is 11.8 Å². The lowest BCUT2D eigenvalue weighted by atomic mass is 9.84. The van der Waals surface area contributed by atoms with Crippen LogP contribution in [0.3, 0.4) is 0 Å². The van der Waals surface area contributed by atoms with Crippen LogP contribution in [0.1, 0.15) is 19.8 Å². The van der Waals surface area contributed by atoms with E-state index < -0.39 is 0 Å². The molecular weight excluding hydrogens is 210 g/mol. The van der Waals surface area contributed by atoms with E-state index in [1.165, 1.54) is 32.5 Å². The van der Waals surface area contributed by atoms with E-state index >= 15 is 0 Å². The third-order valence-electron chi connectivity index (χ3n) is 4.10. The standard InChI is InChI=1S/C14H27N3/c1-13-4-2-3-5-14(13)12-17-10-8-15-6-7-16-9-11-17/h2-3,13-16H,4-12H2,1H3. The van der Waals surface area contributed by atoms with Gasteiger partial charge in [-0.15, -0.1) is 0 Å². The Balaban J connectivity index is 1.80. The topological polar surface area (TPSA) is 27.3 Å². The second-order valence-electron chi connectivity index (χ2n) is 5.48. The maximum Gasteiger partial charge on any atom is 0.0107 e. The average Bonchev–Trinajstić information content (AvgIpc) is 2.46. The molecule has 0 radical (unpaired) electrons. The zero-order chi connectivity index (χ0) is 11.9. The first kappa shape index (κ1) is 13.1. The summed E-state index contributed by atoms with van der Waals surface area (Å²) < 4.78 is 0. The maximum atomic E-state index is 3.49. The van der Waals surface area contributed by atoms with Crippen LogP contribution in [0.4, 0.5) is 0 Å². The molecule has 1 aliphatic carbocycles. The highest BCUT2D eigenvalue weighted by molar-refractivity contribution is 4.94. The molecule has 1 saturated heterocycles. The minimum atomic E-state index is 0.855. The highest BCUT2D eigenvalue weighted by Gasteiger charge is 2.21. The lowest BCUT2D eigenvalue weighted by molar-refractivity contribution is 0.196. The van der Waals surface area contributed by atoms with E-state index in [1.807, 2.05) is 0 Å². The summed E-state index contributed by atoms with van der Waals surface area (Å²) in [6.45, 7) is 10.6. The molecule has 0 aromatic heterocycles. The van der Waals surface area contributed by atoms with Crippen molar-refractivity contribution in [3.8, 4) is 0 Å². The molecule has 98 valence electrons. The number of rotatable bonds is 2. The van der Waals surface area contributed by atoms with Crippen molar-refractivity contribution in [3.05, 3.63) is 12.2 Å². The summed E-state index contributed by atoms with van der Waals surface area (Å²) in [6, 6.07) is 0. The van der Waals surface area contributed by atoms with Gasteiger partial charge in [-0.1, -0.05) is 19.1 Å². The van der Waals surface area contributed by atoms with Gasteiger partial charge in [0.25, 0.3) is 0 Å². The monoisotopic (exact) mass is 237 g/mol. The summed E-state index contributed by atoms with van der Waals surface area (Å²) in [7, 11) is 0. The third kappa shape index (κ3) is 4.41. The van der Waals surface area contributed by atoms with Gasteiger partial charge in [0.15, 0.2) is 0 Å². The minimum Gasteiger partial charge on any atom is -0.314 e. The van der Waals surface area contributed by atoms with Gasteiger partial charge in [-0.2, -0.15) is 0 Å². The van der Waals surface area contributed by atoms with E-state index in [-0.39, 0.29) is 0 Å². The van der Waals surface area contributed by atoms with Crippen molar-refractivity contribution in [1.82, 2.24) is 15.5 Å². The molecule has 3 heteroatoms. The van der Waals surface area contributed by atoms with Crippen LogP contribution in [0.15, 0.2) is 12.2 Å². The van der Waals surface area contributed by atoms with Crippen LogP contribution in [-0.2, 0) is 0 Å². The summed E-state index contributed by atoms with van der Waals surface area (Å²) in [6.07, 6.45) is 7.27. The number of nitrogens with zero attached hydrogens (tertiary/aromatic N) is 1. The van der Waals surface area contributed by atoms with Gasteiger partial charge < -0.3 is 15.5 Å². The van der Waals surface area contributed by atoms with Crippen molar-refractivity contribution in [3.63, 3.8) is 0 Å². The first-order chi connectivity index (χ1) is 8.36. The van der Waals surface area contributed by atoms with Crippen LogP contribution in [0.2, 0.25) is 0 Å². The van der Waals surface area contributed by atoms with Crippen LogP contribution in [0.5, 0.6) is 0 Å². The predicted octanol–water partition coefficient (Wildman–Crippen LogP) is 1.08. The van der Waals surface area contributed by atoms with Crippen LogP contribution in [0, 0.1) is 11.8 Å². The van der Waals surface area contributed by atoms with Gasteiger partial charge in [-0.05, 0) is 24.7 Å². The first-order valence-corrected chi connectivity index (χ1v) is 7.15. The van der Waals surface area contributed by atoms with E-state index in [1.54, 1.807) is 0 Å². The summed E-state index contributed by atoms with van der Waals surface area (Å²) in [5.74, 6) is 1.72. The lowest BCUT2D eigenvalue weighted by Gasteiger charge is -2.31. The van der Waals surface area contributed by atoms with Crippen molar-refractivity contribution in [2.75, 3.05) is 45.8 Å². The third-order valence-corrected chi connectivity index (χ3v) is 4.10. The van der Waals surface area contributed by atoms with Crippen LogP contribution in [-0.4, -0.2) is 50.7 Å². The molecule has 0 aromatic carbocycles. The smallest absolute Gasteiger partial charge is 0.0107 e. The highest BCUT2D eigenvalue weighted by Crippen LogP contribution is 2.25. The number of hydrogen-bond donors (Lipinski definition) is 2. The van der Waals surface area contributed by atoms with Gasteiger partial charge in [0.05, 0.1) is 0 Å². The van der Waals surface area contributed by atoms with Crippen molar-refractivity contribution in [2.45, 2.75) is 19.8 Å². The molecule has 2 rings (SSSR count). The summed E-state index contributed by atoms with van der Waals surface area (Å²) >= 11 is 0. The zero-order valence-electron chi connectivity index (χ0n) is 11.1. The molecule has 2 unspecified atom stereocenters. The molecule has 0 amide bonds. The van der Waals surface area contributed by atoms with E-state index in [4.69, 9.17) is 0 Å². The van der Waals surface area contributed by atoms with Gasteiger partial charge >= 0.3 is 0 Å². The quantitative estimate of drug-likeness (QED) is 0.704. The molecule has 0 bridgehead atoms. The molecule has 0 spiro atoms. The summed E-state index contributed by atoms with van der Waals surface area (Å²) in [5.41, 5.74) is 0. The van der Waals surface area contributed by atoms with Gasteiger partial charge in [0.2, 0.25) is 0 Å². The Bertz CT molecular complexity index is 230. The molecular formula is C14H27N3. The van der Waals surface area contributed by atoms with Crippen molar-refractivity contribution >= 4 is 0 Å². The normalized spacial score (nSPS) is 32.8. The molecule has 0 aromatic rings. The van der Waals surface area contributed by atoms with E-state index in [0.29, 0.717) is 0 Å². The predicted molar refractivity (Wildman–Crippen MR) is 73.2 cm³/mol. The van der Waals surface area contributed by atoms with Gasteiger partial charge in [0.1, 0.15) is 0 Å². The minimum absolute atomic E-state index is 0.855. The van der Waals surface area contributed by atoms with E-state index in [2.05, 4.69) is 34.6 Å². The number of hydrogen-bond acceptors (Lipinski definition) is 3.